The Labute approximate surface area is 107 Å². The quantitative estimate of drug-likeness (QED) is 0.895. The van der Waals surface area contributed by atoms with Gasteiger partial charge >= 0.3 is 0 Å². The van der Waals surface area contributed by atoms with Crippen LogP contribution in [0.15, 0.2) is 30.5 Å². The standard InChI is InChI=1S/C15H18N2O/c1-10-7-12(8-10)17-15-14-9-13(18-2)4-3-11(14)5-6-16-15/h3-6,9-10,12H,7-8H2,1-2H3,(H,16,17). The SMILES string of the molecule is COc1ccc2ccnc(NC3CC(C)C3)c2c1. The number of nitrogens with zero attached hydrogens (tertiary/aromatic N) is 1. The number of aromatic nitrogens is 1. The molecule has 0 atom stereocenters. The Morgan fingerprint density at radius 3 is 2.83 bits per heavy atom. The number of methoxy groups -OCH3 is 1. The van der Waals surface area contributed by atoms with Crippen LogP contribution < -0.4 is 10.1 Å². The molecule has 1 aliphatic carbocycles. The summed E-state index contributed by atoms with van der Waals surface area (Å²) in [6, 6.07) is 8.71. The van der Waals surface area contributed by atoms with Gasteiger partial charge in [-0.1, -0.05) is 13.0 Å². The van der Waals surface area contributed by atoms with Crippen molar-refractivity contribution in [2.75, 3.05) is 12.4 Å². The molecule has 1 fully saturated rings. The third-order valence-corrected chi connectivity index (χ3v) is 3.69. The Morgan fingerprint density at radius 2 is 2.11 bits per heavy atom. The van der Waals surface area contributed by atoms with E-state index in [0.717, 1.165) is 22.9 Å². The molecule has 0 amide bonds. The second-order valence-electron chi connectivity index (χ2n) is 5.16. The molecule has 0 bridgehead atoms. The van der Waals surface area contributed by atoms with Crippen molar-refractivity contribution in [2.45, 2.75) is 25.8 Å². The first-order chi connectivity index (χ1) is 8.76. The number of hydrogen-bond donors (Lipinski definition) is 1. The number of anilines is 1. The summed E-state index contributed by atoms with van der Waals surface area (Å²) in [4.78, 5) is 4.46. The molecule has 2 aromatic rings. The van der Waals surface area contributed by atoms with Crippen molar-refractivity contribution in [3.05, 3.63) is 30.5 Å². The highest BCUT2D eigenvalue weighted by Crippen LogP contribution is 2.32. The molecule has 0 unspecified atom stereocenters. The van der Waals surface area contributed by atoms with Gasteiger partial charge in [0.25, 0.3) is 0 Å². The van der Waals surface area contributed by atoms with Gasteiger partial charge in [0, 0.05) is 17.6 Å². The van der Waals surface area contributed by atoms with Gasteiger partial charge in [-0.05, 0) is 42.3 Å². The van der Waals surface area contributed by atoms with Crippen LogP contribution in [0.1, 0.15) is 19.8 Å². The first-order valence-corrected chi connectivity index (χ1v) is 6.45. The van der Waals surface area contributed by atoms with Crippen molar-refractivity contribution >= 4 is 16.6 Å². The van der Waals surface area contributed by atoms with Crippen LogP contribution >= 0.6 is 0 Å². The zero-order valence-corrected chi connectivity index (χ0v) is 10.8. The van der Waals surface area contributed by atoms with E-state index >= 15 is 0 Å². The fourth-order valence-electron chi connectivity index (χ4n) is 2.60. The van der Waals surface area contributed by atoms with Gasteiger partial charge in [0.1, 0.15) is 11.6 Å². The van der Waals surface area contributed by atoms with Crippen LogP contribution in [0.2, 0.25) is 0 Å². The maximum Gasteiger partial charge on any atom is 0.134 e. The van der Waals surface area contributed by atoms with Gasteiger partial charge in [0.15, 0.2) is 0 Å². The maximum absolute atomic E-state index is 5.28. The van der Waals surface area contributed by atoms with Crippen molar-refractivity contribution < 1.29 is 4.74 Å². The molecule has 0 saturated heterocycles. The molecule has 3 heteroatoms. The summed E-state index contributed by atoms with van der Waals surface area (Å²) in [6.07, 6.45) is 4.34. The van der Waals surface area contributed by atoms with Crippen LogP contribution in [0.25, 0.3) is 10.8 Å². The largest absolute Gasteiger partial charge is 0.497 e. The fraction of sp³-hybridized carbons (Fsp3) is 0.400. The number of pyridine rings is 1. The first kappa shape index (κ1) is 11.3. The van der Waals surface area contributed by atoms with Crippen molar-refractivity contribution in [1.29, 1.82) is 0 Å². The molecular formula is C15H18N2O. The number of ether oxygens (including phenoxy) is 1. The van der Waals surface area contributed by atoms with Crippen LogP contribution in [-0.4, -0.2) is 18.1 Å². The number of hydrogen-bond acceptors (Lipinski definition) is 3. The molecule has 1 aliphatic rings. The zero-order valence-electron chi connectivity index (χ0n) is 10.8. The normalized spacial score (nSPS) is 22.6. The maximum atomic E-state index is 5.28. The van der Waals surface area contributed by atoms with Crippen molar-refractivity contribution in [1.82, 2.24) is 4.98 Å². The van der Waals surface area contributed by atoms with Crippen molar-refractivity contribution in [2.24, 2.45) is 5.92 Å². The van der Waals surface area contributed by atoms with Gasteiger partial charge < -0.3 is 10.1 Å². The van der Waals surface area contributed by atoms with Gasteiger partial charge in [-0.3, -0.25) is 0 Å². The Morgan fingerprint density at radius 1 is 1.28 bits per heavy atom. The summed E-state index contributed by atoms with van der Waals surface area (Å²) >= 11 is 0. The molecule has 94 valence electrons. The lowest BCUT2D eigenvalue weighted by Crippen LogP contribution is -2.34. The average molecular weight is 242 g/mol. The summed E-state index contributed by atoms with van der Waals surface area (Å²) < 4.78 is 5.28. The summed E-state index contributed by atoms with van der Waals surface area (Å²) in [5.41, 5.74) is 0. The average Bonchev–Trinajstić information content (AvgIpc) is 2.37. The number of benzene rings is 1. The number of rotatable bonds is 3. The van der Waals surface area contributed by atoms with Gasteiger partial charge in [0.2, 0.25) is 0 Å². The lowest BCUT2D eigenvalue weighted by atomic mass is 9.82. The highest BCUT2D eigenvalue weighted by molar-refractivity contribution is 5.92. The van der Waals surface area contributed by atoms with E-state index in [2.05, 4.69) is 23.3 Å². The van der Waals surface area contributed by atoms with Crippen LogP contribution in [0.3, 0.4) is 0 Å². The highest BCUT2D eigenvalue weighted by atomic mass is 16.5. The number of fused-ring (bicyclic) bond motifs is 1. The minimum Gasteiger partial charge on any atom is -0.497 e. The van der Waals surface area contributed by atoms with Crippen LogP contribution in [0.4, 0.5) is 5.82 Å². The van der Waals surface area contributed by atoms with E-state index in [1.165, 1.54) is 18.2 Å². The minimum absolute atomic E-state index is 0.573. The minimum atomic E-state index is 0.573. The summed E-state index contributed by atoms with van der Waals surface area (Å²) in [7, 11) is 1.69. The number of nitrogens with one attached hydrogen (secondary N) is 1. The molecular weight excluding hydrogens is 224 g/mol. The van der Waals surface area contributed by atoms with Gasteiger partial charge in [-0.25, -0.2) is 4.98 Å². The van der Waals surface area contributed by atoms with E-state index in [1.54, 1.807) is 7.11 Å². The Balaban J connectivity index is 1.94. The molecule has 0 aliphatic heterocycles. The topological polar surface area (TPSA) is 34.1 Å². The third-order valence-electron chi connectivity index (χ3n) is 3.69. The molecule has 18 heavy (non-hydrogen) atoms. The lowest BCUT2D eigenvalue weighted by molar-refractivity contribution is 0.309. The van der Waals surface area contributed by atoms with Crippen molar-refractivity contribution in [3.63, 3.8) is 0 Å². The van der Waals surface area contributed by atoms with Gasteiger partial charge in [-0.15, -0.1) is 0 Å². The molecule has 1 N–H and O–H groups in total. The zero-order chi connectivity index (χ0) is 12.5. The Kier molecular flexibility index (Phi) is 2.82. The Hall–Kier alpha value is -1.77. The summed E-state index contributed by atoms with van der Waals surface area (Å²) in [5, 5.41) is 5.87. The fourth-order valence-corrected chi connectivity index (χ4v) is 2.60. The van der Waals surface area contributed by atoms with Gasteiger partial charge in [-0.2, -0.15) is 0 Å². The van der Waals surface area contributed by atoms with Gasteiger partial charge in [0.05, 0.1) is 7.11 Å². The molecule has 1 saturated carbocycles. The third kappa shape index (κ3) is 2.01. The van der Waals surface area contributed by atoms with E-state index in [9.17, 15) is 0 Å². The van der Waals surface area contributed by atoms with E-state index < -0.39 is 0 Å². The van der Waals surface area contributed by atoms with Crippen LogP contribution in [-0.2, 0) is 0 Å². The molecule has 0 radical (unpaired) electrons. The van der Waals surface area contributed by atoms with Crippen molar-refractivity contribution in [3.8, 4) is 5.75 Å². The summed E-state index contributed by atoms with van der Waals surface area (Å²) in [6.45, 7) is 2.29. The molecule has 1 heterocycles. The Bertz CT molecular complexity index is 561. The lowest BCUT2D eigenvalue weighted by Gasteiger charge is -2.33. The monoisotopic (exact) mass is 242 g/mol. The predicted octanol–water partition coefficient (Wildman–Crippen LogP) is 3.45. The van der Waals surface area contributed by atoms with E-state index in [1.807, 2.05) is 24.4 Å². The van der Waals surface area contributed by atoms with E-state index in [0.29, 0.717) is 6.04 Å². The van der Waals surface area contributed by atoms with E-state index in [4.69, 9.17) is 4.74 Å². The second-order valence-corrected chi connectivity index (χ2v) is 5.16. The van der Waals surface area contributed by atoms with Crippen LogP contribution in [0.5, 0.6) is 5.75 Å². The molecule has 1 aromatic carbocycles. The molecule has 3 nitrogen and oxygen atoms in total. The molecule has 1 aromatic heterocycles. The predicted molar refractivity (Wildman–Crippen MR) is 74.1 cm³/mol. The summed E-state index contributed by atoms with van der Waals surface area (Å²) in [5.74, 6) is 2.69. The second kappa shape index (κ2) is 4.48. The first-order valence-electron chi connectivity index (χ1n) is 6.45. The smallest absolute Gasteiger partial charge is 0.134 e. The van der Waals surface area contributed by atoms with E-state index in [-0.39, 0.29) is 0 Å². The van der Waals surface area contributed by atoms with Crippen LogP contribution in [0, 0.1) is 5.92 Å². The molecule has 0 spiro atoms. The highest BCUT2D eigenvalue weighted by Gasteiger charge is 2.25. The molecule has 3 rings (SSSR count).